The van der Waals surface area contributed by atoms with Crippen molar-refractivity contribution in [1.82, 2.24) is 0 Å². The van der Waals surface area contributed by atoms with Crippen LogP contribution in [-0.4, -0.2) is 22.2 Å². The van der Waals surface area contributed by atoms with Crippen LogP contribution in [-0.2, 0) is 10.6 Å². The van der Waals surface area contributed by atoms with Gasteiger partial charge in [-0.05, 0) is 39.3 Å². The molecule has 0 aliphatic carbocycles. The lowest BCUT2D eigenvalue weighted by molar-refractivity contribution is -0.386. The number of benzene rings is 1. The Balaban J connectivity index is 2.29. The van der Waals surface area contributed by atoms with Crippen LogP contribution in [0.15, 0.2) is 18.2 Å². The highest BCUT2D eigenvalue weighted by Crippen LogP contribution is 2.41. The van der Waals surface area contributed by atoms with Gasteiger partial charge in [-0.2, -0.15) is 0 Å². The predicted octanol–water partition coefficient (Wildman–Crippen LogP) is 4.06. The summed E-state index contributed by atoms with van der Waals surface area (Å²) in [6.45, 7) is 7.85. The van der Waals surface area contributed by atoms with E-state index in [0.717, 1.165) is 0 Å². The van der Waals surface area contributed by atoms with E-state index in [9.17, 15) is 10.1 Å². The first kappa shape index (κ1) is 16.0. The molecule has 1 heterocycles. The summed E-state index contributed by atoms with van der Waals surface area (Å²) in [5.41, 5.74) is -0.173. The number of ether oxygens (including phenoxy) is 2. The number of nitro benzene ring substituents is 1. The number of alkyl halides is 1. The molecule has 0 aromatic heterocycles. The van der Waals surface area contributed by atoms with Gasteiger partial charge in [0, 0.05) is 18.4 Å². The number of rotatable bonds is 4. The van der Waals surface area contributed by atoms with Crippen molar-refractivity contribution in [2.75, 3.05) is 0 Å². The van der Waals surface area contributed by atoms with Gasteiger partial charge in [-0.3, -0.25) is 10.1 Å². The average molecular weight is 314 g/mol. The van der Waals surface area contributed by atoms with Crippen molar-refractivity contribution in [1.29, 1.82) is 0 Å². The number of hydrogen-bond acceptors (Lipinski definition) is 4. The van der Waals surface area contributed by atoms with Crippen molar-refractivity contribution in [3.05, 3.63) is 33.9 Å². The Hall–Kier alpha value is -1.33. The molecule has 6 heteroatoms. The molecule has 0 radical (unpaired) electrons. The molecule has 2 rings (SSSR count). The molecule has 1 aliphatic rings. The van der Waals surface area contributed by atoms with Crippen molar-refractivity contribution >= 4 is 17.3 Å². The van der Waals surface area contributed by atoms with Crippen LogP contribution in [0.2, 0.25) is 0 Å². The Kier molecular flexibility index (Phi) is 4.17. The molecule has 1 unspecified atom stereocenters. The molecular formula is C15H20ClNO4. The third-order valence-corrected chi connectivity index (χ3v) is 3.94. The Morgan fingerprint density at radius 3 is 2.57 bits per heavy atom. The summed E-state index contributed by atoms with van der Waals surface area (Å²) in [7, 11) is 0. The van der Waals surface area contributed by atoms with Crippen LogP contribution in [0.1, 0.15) is 39.7 Å². The van der Waals surface area contributed by atoms with Gasteiger partial charge in [-0.15, -0.1) is 11.6 Å². The molecule has 0 bridgehead atoms. The fraction of sp³-hybridized carbons (Fsp3) is 0.600. The second-order valence-electron chi connectivity index (χ2n) is 6.47. The zero-order chi connectivity index (χ0) is 15.8. The molecule has 0 saturated carbocycles. The molecule has 1 saturated heterocycles. The maximum absolute atomic E-state index is 11.2. The molecule has 1 aromatic carbocycles. The Morgan fingerprint density at radius 1 is 1.43 bits per heavy atom. The summed E-state index contributed by atoms with van der Waals surface area (Å²) < 4.78 is 11.9. The van der Waals surface area contributed by atoms with Crippen molar-refractivity contribution in [3.8, 4) is 5.75 Å². The Bertz CT molecular complexity index is 557. The smallest absolute Gasteiger partial charge is 0.311 e. The van der Waals surface area contributed by atoms with Crippen molar-refractivity contribution in [3.63, 3.8) is 0 Å². The first-order valence-corrected chi connectivity index (χ1v) is 7.38. The van der Waals surface area contributed by atoms with Crippen molar-refractivity contribution in [2.24, 2.45) is 0 Å². The van der Waals surface area contributed by atoms with E-state index in [1.54, 1.807) is 12.1 Å². The Morgan fingerprint density at radius 2 is 2.10 bits per heavy atom. The number of nitro groups is 1. The molecule has 0 amide bonds. The van der Waals surface area contributed by atoms with E-state index in [0.29, 0.717) is 12.0 Å². The van der Waals surface area contributed by atoms with Gasteiger partial charge in [-0.25, -0.2) is 0 Å². The Labute approximate surface area is 129 Å². The molecule has 0 spiro atoms. The maximum atomic E-state index is 11.2. The molecule has 5 nitrogen and oxygen atoms in total. The predicted molar refractivity (Wildman–Crippen MR) is 80.9 cm³/mol. The summed E-state index contributed by atoms with van der Waals surface area (Å²) in [6, 6.07) is 4.80. The lowest BCUT2D eigenvalue weighted by atomic mass is 9.97. The zero-order valence-electron chi connectivity index (χ0n) is 12.7. The standard InChI is InChI=1S/C15H20ClNO4/c1-14(2)8-13(15(3,4)21-14)20-12-6-5-10(9-16)7-11(12)17(18)19/h5-7,13H,8-9H2,1-4H3. The lowest BCUT2D eigenvalue weighted by Gasteiger charge is -2.27. The summed E-state index contributed by atoms with van der Waals surface area (Å²) in [4.78, 5) is 10.8. The van der Waals surface area contributed by atoms with Crippen molar-refractivity contribution in [2.45, 2.75) is 57.3 Å². The third kappa shape index (κ3) is 3.47. The van der Waals surface area contributed by atoms with Gasteiger partial charge in [0.25, 0.3) is 0 Å². The normalized spacial score (nSPS) is 23.0. The second-order valence-corrected chi connectivity index (χ2v) is 6.74. The number of halogens is 1. The van der Waals surface area contributed by atoms with E-state index < -0.39 is 10.5 Å². The largest absolute Gasteiger partial charge is 0.480 e. The highest BCUT2D eigenvalue weighted by atomic mass is 35.5. The highest BCUT2D eigenvalue weighted by molar-refractivity contribution is 6.17. The van der Waals surface area contributed by atoms with E-state index in [4.69, 9.17) is 21.1 Å². The van der Waals surface area contributed by atoms with Gasteiger partial charge < -0.3 is 9.47 Å². The van der Waals surface area contributed by atoms with Gasteiger partial charge in [-0.1, -0.05) is 6.07 Å². The minimum absolute atomic E-state index is 0.0614. The fourth-order valence-electron chi connectivity index (χ4n) is 2.74. The first-order valence-electron chi connectivity index (χ1n) is 6.85. The zero-order valence-corrected chi connectivity index (χ0v) is 13.4. The third-order valence-electron chi connectivity index (χ3n) is 3.64. The quantitative estimate of drug-likeness (QED) is 0.478. The first-order chi connectivity index (χ1) is 9.64. The van der Waals surface area contributed by atoms with E-state index in [-0.39, 0.29) is 29.0 Å². The number of hydrogen-bond donors (Lipinski definition) is 0. The molecule has 21 heavy (non-hydrogen) atoms. The van der Waals surface area contributed by atoms with Gasteiger partial charge in [0.1, 0.15) is 11.7 Å². The molecule has 1 atom stereocenters. The highest BCUT2D eigenvalue weighted by Gasteiger charge is 2.48. The second kappa shape index (κ2) is 5.46. The molecular weight excluding hydrogens is 294 g/mol. The minimum atomic E-state index is -0.497. The van der Waals surface area contributed by atoms with Gasteiger partial charge >= 0.3 is 5.69 Å². The van der Waals surface area contributed by atoms with Crippen LogP contribution < -0.4 is 4.74 Å². The monoisotopic (exact) mass is 313 g/mol. The van der Waals surface area contributed by atoms with Gasteiger partial charge in [0.15, 0.2) is 5.75 Å². The maximum Gasteiger partial charge on any atom is 0.311 e. The van der Waals surface area contributed by atoms with Crippen LogP contribution in [0.5, 0.6) is 5.75 Å². The van der Waals surface area contributed by atoms with Crippen LogP contribution in [0.3, 0.4) is 0 Å². The summed E-state index contributed by atoms with van der Waals surface area (Å²) in [5.74, 6) is 0.486. The SMILES string of the molecule is CC1(C)CC(Oc2ccc(CCl)cc2[N+](=O)[O-])C(C)(C)O1. The molecule has 116 valence electrons. The van der Waals surface area contributed by atoms with E-state index in [2.05, 4.69) is 0 Å². The van der Waals surface area contributed by atoms with E-state index >= 15 is 0 Å². The van der Waals surface area contributed by atoms with Crippen LogP contribution in [0.25, 0.3) is 0 Å². The minimum Gasteiger partial charge on any atom is -0.480 e. The average Bonchev–Trinajstić information content (AvgIpc) is 2.57. The molecule has 1 aromatic rings. The molecule has 0 N–H and O–H groups in total. The topological polar surface area (TPSA) is 61.6 Å². The van der Waals surface area contributed by atoms with Crippen molar-refractivity contribution < 1.29 is 14.4 Å². The number of nitrogens with zero attached hydrogens (tertiary/aromatic N) is 1. The molecule has 1 aliphatic heterocycles. The van der Waals surface area contributed by atoms with Crippen LogP contribution >= 0.6 is 11.6 Å². The fourth-order valence-corrected chi connectivity index (χ4v) is 2.90. The van der Waals surface area contributed by atoms with Crippen LogP contribution in [0, 0.1) is 10.1 Å². The van der Waals surface area contributed by atoms with E-state index in [1.807, 2.05) is 27.7 Å². The van der Waals surface area contributed by atoms with Crippen LogP contribution in [0.4, 0.5) is 5.69 Å². The van der Waals surface area contributed by atoms with E-state index in [1.165, 1.54) is 6.07 Å². The summed E-state index contributed by atoms with van der Waals surface area (Å²) in [5, 5.41) is 11.2. The lowest BCUT2D eigenvalue weighted by Crippen LogP contribution is -2.36. The van der Waals surface area contributed by atoms with Gasteiger partial charge in [0.2, 0.25) is 0 Å². The molecule has 1 fully saturated rings. The summed E-state index contributed by atoms with van der Waals surface area (Å²) >= 11 is 5.73. The summed E-state index contributed by atoms with van der Waals surface area (Å²) in [6.07, 6.45) is 0.432. The van der Waals surface area contributed by atoms with Gasteiger partial charge in [0.05, 0.1) is 10.5 Å².